The molecule has 0 aliphatic heterocycles. The molecule has 0 aromatic heterocycles. The van der Waals surface area contributed by atoms with E-state index in [9.17, 15) is 0 Å². The van der Waals surface area contributed by atoms with Crippen molar-refractivity contribution in [1.82, 2.24) is 0 Å². The number of hydrogen-bond donors (Lipinski definition) is 1. The fourth-order valence-corrected chi connectivity index (χ4v) is 3.37. The van der Waals surface area contributed by atoms with Crippen molar-refractivity contribution in [2.45, 2.75) is 51.5 Å². The molecule has 19 heavy (non-hydrogen) atoms. The topological polar surface area (TPSA) is 44.5 Å². The van der Waals surface area contributed by atoms with Crippen molar-refractivity contribution >= 4 is 0 Å². The fraction of sp³-hybridized carbons (Fsp3) is 0.625. The Labute approximate surface area is 116 Å². The summed E-state index contributed by atoms with van der Waals surface area (Å²) < 4.78 is 11.1. The quantitative estimate of drug-likeness (QED) is 0.908. The molecule has 0 saturated heterocycles. The first-order valence-corrected chi connectivity index (χ1v) is 7.05. The summed E-state index contributed by atoms with van der Waals surface area (Å²) in [5.74, 6) is 1.84. The predicted octanol–water partition coefficient (Wildman–Crippen LogP) is 3.44. The van der Waals surface area contributed by atoms with Crippen molar-refractivity contribution < 1.29 is 9.47 Å². The van der Waals surface area contributed by atoms with Gasteiger partial charge in [-0.1, -0.05) is 19.3 Å². The Hall–Kier alpha value is -1.22. The van der Waals surface area contributed by atoms with E-state index in [1.807, 2.05) is 6.07 Å². The number of rotatable bonds is 3. The van der Waals surface area contributed by atoms with Gasteiger partial charge in [-0.05, 0) is 43.9 Å². The van der Waals surface area contributed by atoms with E-state index in [0.717, 1.165) is 41.0 Å². The molecule has 1 fully saturated rings. The summed E-state index contributed by atoms with van der Waals surface area (Å²) in [5, 5.41) is 0. The van der Waals surface area contributed by atoms with E-state index < -0.39 is 0 Å². The van der Waals surface area contributed by atoms with Crippen LogP contribution in [0.25, 0.3) is 0 Å². The first-order valence-electron chi connectivity index (χ1n) is 7.05. The van der Waals surface area contributed by atoms with Crippen LogP contribution in [0.1, 0.15) is 48.8 Å². The van der Waals surface area contributed by atoms with E-state index in [-0.39, 0.29) is 5.54 Å². The summed E-state index contributed by atoms with van der Waals surface area (Å²) in [6, 6.07) is 2.03. The molecular formula is C16H25NO2. The van der Waals surface area contributed by atoms with Crippen LogP contribution in [0.5, 0.6) is 11.5 Å². The van der Waals surface area contributed by atoms with Crippen LogP contribution in [0.3, 0.4) is 0 Å². The number of benzene rings is 1. The van der Waals surface area contributed by atoms with E-state index in [1.165, 1.54) is 19.3 Å². The zero-order chi connectivity index (χ0) is 14.0. The van der Waals surface area contributed by atoms with Crippen molar-refractivity contribution in [3.63, 3.8) is 0 Å². The molecule has 1 aliphatic carbocycles. The largest absolute Gasteiger partial charge is 0.496 e. The third-order valence-electron chi connectivity index (χ3n) is 4.35. The standard InChI is InChI=1S/C16H25NO2/c1-11-10-13(18-3)12(2)14(15(11)19-4)16(17)8-6-5-7-9-16/h10H,5-9,17H2,1-4H3. The Morgan fingerprint density at radius 3 is 2.21 bits per heavy atom. The highest BCUT2D eigenvalue weighted by Gasteiger charge is 2.35. The smallest absolute Gasteiger partial charge is 0.127 e. The molecule has 0 heterocycles. The van der Waals surface area contributed by atoms with Crippen LogP contribution in [-0.2, 0) is 5.54 Å². The van der Waals surface area contributed by atoms with Gasteiger partial charge >= 0.3 is 0 Å². The summed E-state index contributed by atoms with van der Waals surface area (Å²) in [6.45, 7) is 4.13. The lowest BCUT2D eigenvalue weighted by atomic mass is 9.75. The minimum absolute atomic E-state index is 0.271. The molecule has 1 saturated carbocycles. The average Bonchev–Trinajstić information content (AvgIpc) is 2.41. The van der Waals surface area contributed by atoms with Gasteiger partial charge in [0.15, 0.2) is 0 Å². The van der Waals surface area contributed by atoms with Crippen molar-refractivity contribution in [2.24, 2.45) is 5.73 Å². The summed E-state index contributed by atoms with van der Waals surface area (Å²) >= 11 is 0. The van der Waals surface area contributed by atoms with E-state index in [2.05, 4.69) is 13.8 Å². The summed E-state index contributed by atoms with van der Waals surface area (Å²) in [5.41, 5.74) is 9.80. The zero-order valence-corrected chi connectivity index (χ0v) is 12.5. The van der Waals surface area contributed by atoms with Crippen LogP contribution in [-0.4, -0.2) is 14.2 Å². The van der Waals surface area contributed by atoms with Crippen LogP contribution in [0, 0.1) is 13.8 Å². The van der Waals surface area contributed by atoms with Gasteiger partial charge in [-0.25, -0.2) is 0 Å². The minimum Gasteiger partial charge on any atom is -0.496 e. The molecule has 3 heteroatoms. The number of aryl methyl sites for hydroxylation is 1. The van der Waals surface area contributed by atoms with Gasteiger partial charge < -0.3 is 15.2 Å². The Kier molecular flexibility index (Phi) is 4.04. The second kappa shape index (κ2) is 5.41. The summed E-state index contributed by atoms with van der Waals surface area (Å²) in [6.07, 6.45) is 5.71. The number of nitrogens with two attached hydrogens (primary N) is 1. The average molecular weight is 263 g/mol. The van der Waals surface area contributed by atoms with Gasteiger partial charge in [-0.3, -0.25) is 0 Å². The first kappa shape index (κ1) is 14.2. The van der Waals surface area contributed by atoms with Gasteiger partial charge in [0, 0.05) is 11.1 Å². The van der Waals surface area contributed by atoms with Gasteiger partial charge in [-0.15, -0.1) is 0 Å². The van der Waals surface area contributed by atoms with Crippen LogP contribution >= 0.6 is 0 Å². The molecule has 1 aromatic carbocycles. The molecule has 2 rings (SSSR count). The van der Waals surface area contributed by atoms with Crippen LogP contribution in [0.2, 0.25) is 0 Å². The van der Waals surface area contributed by atoms with Gasteiger partial charge in [0.05, 0.1) is 14.2 Å². The Bertz CT molecular complexity index is 462. The molecule has 0 amide bonds. The highest BCUT2D eigenvalue weighted by Crippen LogP contribution is 2.45. The number of ether oxygens (including phenoxy) is 2. The van der Waals surface area contributed by atoms with E-state index in [1.54, 1.807) is 14.2 Å². The highest BCUT2D eigenvalue weighted by atomic mass is 16.5. The van der Waals surface area contributed by atoms with Gasteiger partial charge in [0.25, 0.3) is 0 Å². The Morgan fingerprint density at radius 1 is 1.05 bits per heavy atom. The number of methoxy groups -OCH3 is 2. The minimum atomic E-state index is -0.271. The summed E-state index contributed by atoms with van der Waals surface area (Å²) in [7, 11) is 3.44. The van der Waals surface area contributed by atoms with E-state index >= 15 is 0 Å². The fourth-order valence-electron chi connectivity index (χ4n) is 3.37. The second-order valence-corrected chi connectivity index (χ2v) is 5.65. The van der Waals surface area contributed by atoms with Crippen molar-refractivity contribution in [3.8, 4) is 11.5 Å². The molecule has 0 radical (unpaired) electrons. The normalized spacial score (nSPS) is 18.2. The number of hydrogen-bond acceptors (Lipinski definition) is 3. The highest BCUT2D eigenvalue weighted by molar-refractivity contribution is 5.56. The Balaban J connectivity index is 2.61. The molecule has 3 nitrogen and oxygen atoms in total. The third-order valence-corrected chi connectivity index (χ3v) is 4.35. The lowest BCUT2D eigenvalue weighted by Gasteiger charge is -2.37. The Morgan fingerprint density at radius 2 is 1.68 bits per heavy atom. The van der Waals surface area contributed by atoms with Gasteiger partial charge in [-0.2, -0.15) is 0 Å². The third kappa shape index (κ3) is 2.44. The maximum atomic E-state index is 6.71. The van der Waals surface area contributed by atoms with Crippen molar-refractivity contribution in [1.29, 1.82) is 0 Å². The van der Waals surface area contributed by atoms with E-state index in [0.29, 0.717) is 0 Å². The van der Waals surface area contributed by atoms with Crippen LogP contribution in [0.15, 0.2) is 6.07 Å². The monoisotopic (exact) mass is 263 g/mol. The van der Waals surface area contributed by atoms with Crippen LogP contribution in [0.4, 0.5) is 0 Å². The molecular weight excluding hydrogens is 238 g/mol. The maximum Gasteiger partial charge on any atom is 0.127 e. The summed E-state index contributed by atoms with van der Waals surface area (Å²) in [4.78, 5) is 0. The predicted molar refractivity (Wildman–Crippen MR) is 78.0 cm³/mol. The lowest BCUT2D eigenvalue weighted by molar-refractivity contribution is 0.285. The lowest BCUT2D eigenvalue weighted by Crippen LogP contribution is -2.39. The molecule has 0 spiro atoms. The van der Waals surface area contributed by atoms with Crippen LogP contribution < -0.4 is 15.2 Å². The van der Waals surface area contributed by atoms with E-state index in [4.69, 9.17) is 15.2 Å². The molecule has 1 aliphatic rings. The van der Waals surface area contributed by atoms with Gasteiger partial charge in [0.1, 0.15) is 11.5 Å². The molecule has 0 unspecified atom stereocenters. The van der Waals surface area contributed by atoms with Crippen molar-refractivity contribution in [2.75, 3.05) is 14.2 Å². The molecule has 106 valence electrons. The maximum absolute atomic E-state index is 6.71. The van der Waals surface area contributed by atoms with Crippen molar-refractivity contribution in [3.05, 3.63) is 22.8 Å². The molecule has 0 bridgehead atoms. The molecule has 1 aromatic rings. The molecule has 2 N–H and O–H groups in total. The second-order valence-electron chi connectivity index (χ2n) is 5.65. The molecule has 0 atom stereocenters. The first-order chi connectivity index (χ1) is 9.03. The zero-order valence-electron chi connectivity index (χ0n) is 12.5. The SMILES string of the molecule is COc1cc(C)c(OC)c(C2(N)CCCCC2)c1C. The van der Waals surface area contributed by atoms with Gasteiger partial charge in [0.2, 0.25) is 0 Å².